The first kappa shape index (κ1) is 22.4. The number of aliphatic carboxylic acids is 2. The Morgan fingerprint density at radius 2 is 2.07 bits per heavy atom. The SMILES string of the molecule is CN1C=CSC1N=Nc1ccc(NC(=O)CCC(N)C(=O)O)cc1CCC(=O)O. The van der Waals surface area contributed by atoms with Gasteiger partial charge < -0.3 is 26.2 Å². The zero-order chi connectivity index (χ0) is 21.4. The predicted molar refractivity (Wildman–Crippen MR) is 109 cm³/mol. The van der Waals surface area contributed by atoms with E-state index < -0.39 is 18.0 Å². The molecule has 1 heterocycles. The van der Waals surface area contributed by atoms with Gasteiger partial charge in [0.1, 0.15) is 6.04 Å². The van der Waals surface area contributed by atoms with Crippen molar-refractivity contribution in [2.75, 3.05) is 12.4 Å². The molecule has 0 aliphatic carbocycles. The number of thioether (sulfide) groups is 1. The van der Waals surface area contributed by atoms with Gasteiger partial charge in [0, 0.05) is 31.8 Å². The highest BCUT2D eigenvalue weighted by Crippen LogP contribution is 2.29. The van der Waals surface area contributed by atoms with Crippen molar-refractivity contribution in [2.45, 2.75) is 37.2 Å². The molecule has 29 heavy (non-hydrogen) atoms. The number of hydrogen-bond donors (Lipinski definition) is 4. The van der Waals surface area contributed by atoms with Gasteiger partial charge in [-0.15, -0.1) is 0 Å². The molecule has 1 aromatic carbocycles. The molecule has 0 aromatic heterocycles. The first-order chi connectivity index (χ1) is 13.8. The summed E-state index contributed by atoms with van der Waals surface area (Å²) in [6, 6.07) is 3.84. The van der Waals surface area contributed by atoms with Gasteiger partial charge in [-0.1, -0.05) is 11.8 Å². The van der Waals surface area contributed by atoms with E-state index in [1.54, 1.807) is 18.2 Å². The molecule has 156 valence electrons. The number of benzene rings is 1. The minimum absolute atomic E-state index is 0.0138. The van der Waals surface area contributed by atoms with E-state index in [0.717, 1.165) is 0 Å². The lowest BCUT2D eigenvalue weighted by atomic mass is 10.1. The largest absolute Gasteiger partial charge is 0.481 e. The van der Waals surface area contributed by atoms with Crippen molar-refractivity contribution < 1.29 is 24.6 Å². The smallest absolute Gasteiger partial charge is 0.320 e. The fourth-order valence-corrected chi connectivity index (χ4v) is 3.19. The second-order valence-corrected chi connectivity index (χ2v) is 7.36. The van der Waals surface area contributed by atoms with Gasteiger partial charge in [-0.2, -0.15) is 10.2 Å². The number of nitrogens with one attached hydrogen (secondary N) is 1. The van der Waals surface area contributed by atoms with Crippen molar-refractivity contribution in [3.05, 3.63) is 35.4 Å². The van der Waals surface area contributed by atoms with Crippen molar-refractivity contribution >= 4 is 41.0 Å². The molecule has 1 aromatic rings. The van der Waals surface area contributed by atoms with E-state index in [2.05, 4.69) is 15.5 Å². The molecule has 0 radical (unpaired) electrons. The summed E-state index contributed by atoms with van der Waals surface area (Å²) in [4.78, 5) is 35.6. The van der Waals surface area contributed by atoms with Crippen LogP contribution in [0.25, 0.3) is 0 Å². The molecule has 0 bridgehead atoms. The number of carbonyl (C=O) groups excluding carboxylic acids is 1. The van der Waals surface area contributed by atoms with Gasteiger partial charge in [0.2, 0.25) is 5.91 Å². The van der Waals surface area contributed by atoms with Gasteiger partial charge in [-0.3, -0.25) is 14.4 Å². The number of nitrogens with two attached hydrogens (primary N) is 1. The number of amides is 1. The van der Waals surface area contributed by atoms with Crippen molar-refractivity contribution in [1.29, 1.82) is 0 Å². The Labute approximate surface area is 171 Å². The minimum Gasteiger partial charge on any atom is -0.481 e. The maximum atomic E-state index is 12.0. The molecular weight excluding hydrogens is 398 g/mol. The maximum Gasteiger partial charge on any atom is 0.320 e. The fourth-order valence-electron chi connectivity index (χ4n) is 2.43. The summed E-state index contributed by atoms with van der Waals surface area (Å²) in [7, 11) is 1.88. The molecule has 0 saturated heterocycles. The molecule has 1 amide bonds. The average Bonchev–Trinajstić information content (AvgIpc) is 3.08. The number of rotatable bonds is 10. The molecule has 1 aliphatic rings. The van der Waals surface area contributed by atoms with Crippen LogP contribution in [-0.2, 0) is 20.8 Å². The summed E-state index contributed by atoms with van der Waals surface area (Å²) in [6.45, 7) is 0. The van der Waals surface area contributed by atoms with Crippen LogP contribution in [0.4, 0.5) is 11.4 Å². The zero-order valence-corrected chi connectivity index (χ0v) is 16.6. The highest BCUT2D eigenvalue weighted by molar-refractivity contribution is 8.02. The standard InChI is InChI=1S/C18H23N5O5S/c1-23-8-9-29-18(23)22-21-14-5-3-12(10-11(14)2-7-16(25)26)20-15(24)6-4-13(19)17(27)28/h3,5,8-10,13,18H,2,4,6-7,19H2,1H3,(H,20,24)(H,25,26)(H,27,28). The number of aryl methyl sites for hydroxylation is 1. The molecule has 11 heteroatoms. The summed E-state index contributed by atoms with van der Waals surface area (Å²) in [5.41, 5.74) is 6.84. The summed E-state index contributed by atoms with van der Waals surface area (Å²) in [6.07, 6.45) is 1.99. The van der Waals surface area contributed by atoms with E-state index in [0.29, 0.717) is 16.9 Å². The lowest BCUT2D eigenvalue weighted by Gasteiger charge is -2.14. The summed E-state index contributed by atoms with van der Waals surface area (Å²) >= 11 is 1.50. The Morgan fingerprint density at radius 1 is 1.31 bits per heavy atom. The van der Waals surface area contributed by atoms with Gasteiger partial charge in [0.25, 0.3) is 0 Å². The first-order valence-corrected chi connectivity index (χ1v) is 9.78. The Kier molecular flexibility index (Phi) is 8.16. The zero-order valence-electron chi connectivity index (χ0n) is 15.8. The molecule has 2 unspecified atom stereocenters. The van der Waals surface area contributed by atoms with Crippen LogP contribution in [-0.4, -0.2) is 51.5 Å². The number of anilines is 1. The van der Waals surface area contributed by atoms with E-state index in [1.807, 2.05) is 23.6 Å². The molecule has 10 nitrogen and oxygen atoms in total. The highest BCUT2D eigenvalue weighted by Gasteiger charge is 2.16. The first-order valence-electron chi connectivity index (χ1n) is 8.84. The fraction of sp³-hybridized carbons (Fsp3) is 0.389. The molecule has 2 rings (SSSR count). The van der Waals surface area contributed by atoms with Gasteiger partial charge in [-0.05, 0) is 42.0 Å². The highest BCUT2D eigenvalue weighted by atomic mass is 32.2. The van der Waals surface area contributed by atoms with Gasteiger partial charge >= 0.3 is 11.9 Å². The van der Waals surface area contributed by atoms with Crippen molar-refractivity contribution in [3.8, 4) is 0 Å². The second kappa shape index (κ2) is 10.6. The molecule has 0 saturated carbocycles. The minimum atomic E-state index is -1.16. The van der Waals surface area contributed by atoms with Gasteiger partial charge in [-0.25, -0.2) is 0 Å². The number of hydrogen-bond acceptors (Lipinski definition) is 8. The molecule has 0 fully saturated rings. The monoisotopic (exact) mass is 421 g/mol. The molecule has 0 spiro atoms. The van der Waals surface area contributed by atoms with Crippen LogP contribution in [0.3, 0.4) is 0 Å². The molecule has 1 aliphatic heterocycles. The van der Waals surface area contributed by atoms with Gasteiger partial charge in [0.05, 0.1) is 5.69 Å². The van der Waals surface area contributed by atoms with Crippen LogP contribution in [0, 0.1) is 0 Å². The van der Waals surface area contributed by atoms with E-state index in [1.165, 1.54) is 11.8 Å². The Hall–Kier alpha value is -2.92. The van der Waals surface area contributed by atoms with Crippen molar-refractivity contribution in [2.24, 2.45) is 16.0 Å². The lowest BCUT2D eigenvalue weighted by Crippen LogP contribution is -2.31. The van der Waals surface area contributed by atoms with Crippen molar-refractivity contribution in [3.63, 3.8) is 0 Å². The second-order valence-electron chi connectivity index (χ2n) is 6.40. The van der Waals surface area contributed by atoms with E-state index in [-0.39, 0.29) is 37.1 Å². The molecular formula is C18H23N5O5S. The topological polar surface area (TPSA) is 158 Å². The number of azo groups is 1. The quantitative estimate of drug-likeness (QED) is 0.419. The van der Waals surface area contributed by atoms with Crippen LogP contribution in [0.5, 0.6) is 0 Å². The Bertz CT molecular complexity index is 829. The van der Waals surface area contributed by atoms with Crippen LogP contribution < -0.4 is 11.1 Å². The number of carboxylic acid groups (broad SMARTS) is 2. The van der Waals surface area contributed by atoms with Crippen LogP contribution in [0.2, 0.25) is 0 Å². The molecule has 2 atom stereocenters. The normalized spacial score (nSPS) is 16.9. The van der Waals surface area contributed by atoms with E-state index >= 15 is 0 Å². The predicted octanol–water partition coefficient (Wildman–Crippen LogP) is 2.35. The summed E-state index contributed by atoms with van der Waals surface area (Å²) in [5, 5.41) is 30.8. The summed E-state index contributed by atoms with van der Waals surface area (Å²) < 4.78 is 0. The Morgan fingerprint density at radius 3 is 2.69 bits per heavy atom. The average molecular weight is 421 g/mol. The van der Waals surface area contributed by atoms with Crippen LogP contribution >= 0.6 is 11.8 Å². The van der Waals surface area contributed by atoms with Crippen molar-refractivity contribution in [1.82, 2.24) is 4.90 Å². The summed E-state index contributed by atoms with van der Waals surface area (Å²) in [5.74, 6) is -2.49. The number of carbonyl (C=O) groups is 3. The maximum absolute atomic E-state index is 12.0. The Balaban J connectivity index is 2.08. The van der Waals surface area contributed by atoms with Crippen LogP contribution in [0.1, 0.15) is 24.8 Å². The van der Waals surface area contributed by atoms with E-state index in [9.17, 15) is 14.4 Å². The number of nitrogens with zero attached hydrogens (tertiary/aromatic N) is 3. The number of carboxylic acids is 2. The third-order valence-corrected chi connectivity index (χ3v) is 5.03. The molecule has 5 N–H and O–H groups in total. The lowest BCUT2D eigenvalue weighted by molar-refractivity contribution is -0.139. The third-order valence-electron chi connectivity index (χ3n) is 4.08. The third kappa shape index (κ3) is 7.20. The van der Waals surface area contributed by atoms with Gasteiger partial charge in [0.15, 0.2) is 5.50 Å². The van der Waals surface area contributed by atoms with Crippen LogP contribution in [0.15, 0.2) is 40.0 Å². The van der Waals surface area contributed by atoms with E-state index in [4.69, 9.17) is 15.9 Å².